The molecular formula is C5H9NO3. The smallest absolute Gasteiger partial charge is 0.407 e. The van der Waals surface area contributed by atoms with E-state index in [2.05, 4.69) is 5.32 Å². The molecule has 9 heavy (non-hydrogen) atoms. The second kappa shape index (κ2) is 2.68. The van der Waals surface area contributed by atoms with E-state index in [0.29, 0.717) is 13.2 Å². The summed E-state index contributed by atoms with van der Waals surface area (Å²) < 4.78 is 9.48. The summed E-state index contributed by atoms with van der Waals surface area (Å²) in [6, 6.07) is 0. The van der Waals surface area contributed by atoms with Crippen molar-refractivity contribution in [2.24, 2.45) is 0 Å². The van der Waals surface area contributed by atoms with Crippen LogP contribution in [0.1, 0.15) is 0 Å². The minimum Gasteiger partial charge on any atom is -0.442 e. The molecule has 0 aromatic heterocycles. The molecule has 1 rings (SSSR count). The summed E-state index contributed by atoms with van der Waals surface area (Å²) in [5.41, 5.74) is 0. The van der Waals surface area contributed by atoms with Crippen LogP contribution in [0.25, 0.3) is 0 Å². The number of rotatable bonds is 2. The van der Waals surface area contributed by atoms with E-state index >= 15 is 0 Å². The number of nitrogens with one attached hydrogen (secondary N) is 1. The van der Waals surface area contributed by atoms with Crippen molar-refractivity contribution in [1.82, 2.24) is 5.32 Å². The van der Waals surface area contributed by atoms with Crippen LogP contribution in [0.3, 0.4) is 0 Å². The monoisotopic (exact) mass is 131 g/mol. The predicted molar refractivity (Wildman–Crippen MR) is 30.1 cm³/mol. The summed E-state index contributed by atoms with van der Waals surface area (Å²) in [5.74, 6) is 0. The van der Waals surface area contributed by atoms with E-state index in [1.165, 1.54) is 0 Å². The molecule has 1 heterocycles. The van der Waals surface area contributed by atoms with Gasteiger partial charge in [-0.25, -0.2) is 4.79 Å². The van der Waals surface area contributed by atoms with Crippen molar-refractivity contribution >= 4 is 6.09 Å². The van der Waals surface area contributed by atoms with E-state index in [1.807, 2.05) is 0 Å². The molecule has 1 aliphatic rings. The third-order valence-electron chi connectivity index (χ3n) is 1.10. The number of carbonyl (C=O) groups is 1. The van der Waals surface area contributed by atoms with Crippen molar-refractivity contribution in [3.05, 3.63) is 0 Å². The molecule has 1 aliphatic heterocycles. The van der Waals surface area contributed by atoms with Crippen LogP contribution in [-0.2, 0) is 9.47 Å². The Morgan fingerprint density at radius 1 is 2.00 bits per heavy atom. The lowest BCUT2D eigenvalue weighted by Crippen LogP contribution is -2.19. The third kappa shape index (κ3) is 1.57. The zero-order valence-corrected chi connectivity index (χ0v) is 5.22. The Kier molecular flexibility index (Phi) is 1.89. The number of ether oxygens (including phenoxy) is 2. The highest BCUT2D eigenvalue weighted by molar-refractivity contribution is 5.69. The van der Waals surface area contributed by atoms with Crippen LogP contribution in [0.5, 0.6) is 0 Å². The molecule has 0 bridgehead atoms. The van der Waals surface area contributed by atoms with Crippen molar-refractivity contribution in [2.75, 3.05) is 20.3 Å². The highest BCUT2D eigenvalue weighted by Gasteiger charge is 2.21. The van der Waals surface area contributed by atoms with Crippen LogP contribution in [0, 0.1) is 0 Å². The topological polar surface area (TPSA) is 47.6 Å². The van der Waals surface area contributed by atoms with E-state index in [4.69, 9.17) is 9.47 Å². The SMILES string of the molecule is COCC1CNC(=O)O1. The molecular weight excluding hydrogens is 122 g/mol. The van der Waals surface area contributed by atoms with Gasteiger partial charge in [-0.1, -0.05) is 0 Å². The van der Waals surface area contributed by atoms with E-state index in [-0.39, 0.29) is 12.2 Å². The van der Waals surface area contributed by atoms with Gasteiger partial charge < -0.3 is 14.8 Å². The van der Waals surface area contributed by atoms with Gasteiger partial charge in [0.1, 0.15) is 6.10 Å². The molecule has 0 saturated carbocycles. The molecule has 0 radical (unpaired) electrons. The fourth-order valence-corrected chi connectivity index (χ4v) is 0.711. The Morgan fingerprint density at radius 2 is 2.78 bits per heavy atom. The first-order valence-electron chi connectivity index (χ1n) is 2.76. The fraction of sp³-hybridized carbons (Fsp3) is 0.800. The van der Waals surface area contributed by atoms with Crippen molar-refractivity contribution in [1.29, 1.82) is 0 Å². The average Bonchev–Trinajstić information content (AvgIpc) is 2.17. The molecule has 1 amide bonds. The molecule has 0 aromatic carbocycles. The third-order valence-corrected chi connectivity index (χ3v) is 1.10. The molecule has 1 atom stereocenters. The van der Waals surface area contributed by atoms with Gasteiger partial charge in [0.15, 0.2) is 0 Å². The van der Waals surface area contributed by atoms with Gasteiger partial charge in [-0.2, -0.15) is 0 Å². The lowest BCUT2D eigenvalue weighted by atomic mass is 10.4. The summed E-state index contributed by atoms with van der Waals surface area (Å²) in [6.07, 6.45) is -0.445. The molecule has 4 nitrogen and oxygen atoms in total. The number of methoxy groups -OCH3 is 1. The Bertz CT molecular complexity index is 115. The largest absolute Gasteiger partial charge is 0.442 e. The van der Waals surface area contributed by atoms with E-state index in [1.54, 1.807) is 7.11 Å². The highest BCUT2D eigenvalue weighted by atomic mass is 16.6. The lowest BCUT2D eigenvalue weighted by molar-refractivity contribution is 0.0717. The van der Waals surface area contributed by atoms with Crippen molar-refractivity contribution < 1.29 is 14.3 Å². The normalized spacial score (nSPS) is 25.4. The number of amides is 1. The molecule has 52 valence electrons. The van der Waals surface area contributed by atoms with Gasteiger partial charge in [0.25, 0.3) is 0 Å². The van der Waals surface area contributed by atoms with Gasteiger partial charge in [-0.15, -0.1) is 0 Å². The van der Waals surface area contributed by atoms with E-state index in [9.17, 15) is 4.79 Å². The van der Waals surface area contributed by atoms with Gasteiger partial charge in [-0.05, 0) is 0 Å². The maximum Gasteiger partial charge on any atom is 0.407 e. The number of hydrogen-bond acceptors (Lipinski definition) is 3. The molecule has 4 heteroatoms. The standard InChI is InChI=1S/C5H9NO3/c1-8-3-4-2-6-5(7)9-4/h4H,2-3H2,1H3,(H,6,7). The number of cyclic esters (lactones) is 1. The van der Waals surface area contributed by atoms with Crippen LogP contribution in [-0.4, -0.2) is 32.5 Å². The maximum absolute atomic E-state index is 10.3. The van der Waals surface area contributed by atoms with Crippen LogP contribution in [0.2, 0.25) is 0 Å². The Labute approximate surface area is 53.1 Å². The number of carbonyl (C=O) groups excluding carboxylic acids is 1. The minimum atomic E-state index is -0.350. The zero-order chi connectivity index (χ0) is 6.69. The lowest BCUT2D eigenvalue weighted by Gasteiger charge is -2.03. The molecule has 1 unspecified atom stereocenters. The van der Waals surface area contributed by atoms with Gasteiger partial charge in [-0.3, -0.25) is 0 Å². The first kappa shape index (κ1) is 6.35. The Morgan fingerprint density at radius 3 is 3.22 bits per heavy atom. The Balaban J connectivity index is 2.22. The average molecular weight is 131 g/mol. The van der Waals surface area contributed by atoms with Crippen molar-refractivity contribution in [2.45, 2.75) is 6.10 Å². The van der Waals surface area contributed by atoms with Gasteiger partial charge >= 0.3 is 6.09 Å². The van der Waals surface area contributed by atoms with Crippen LogP contribution < -0.4 is 5.32 Å². The summed E-state index contributed by atoms with van der Waals surface area (Å²) in [6.45, 7) is 1.03. The minimum absolute atomic E-state index is 0.0949. The second-order valence-electron chi connectivity index (χ2n) is 1.86. The summed E-state index contributed by atoms with van der Waals surface area (Å²) in [5, 5.41) is 2.51. The summed E-state index contributed by atoms with van der Waals surface area (Å²) >= 11 is 0. The van der Waals surface area contributed by atoms with Gasteiger partial charge in [0, 0.05) is 7.11 Å². The van der Waals surface area contributed by atoms with E-state index in [0.717, 1.165) is 0 Å². The molecule has 0 spiro atoms. The van der Waals surface area contributed by atoms with Crippen LogP contribution >= 0.6 is 0 Å². The maximum atomic E-state index is 10.3. The van der Waals surface area contributed by atoms with Gasteiger partial charge in [0.2, 0.25) is 0 Å². The first-order chi connectivity index (χ1) is 4.33. The molecule has 1 fully saturated rings. The quantitative estimate of drug-likeness (QED) is 0.561. The number of hydrogen-bond donors (Lipinski definition) is 1. The van der Waals surface area contributed by atoms with Gasteiger partial charge in [0.05, 0.1) is 13.2 Å². The molecule has 0 aliphatic carbocycles. The molecule has 0 aromatic rings. The van der Waals surface area contributed by atoms with E-state index < -0.39 is 0 Å². The first-order valence-corrected chi connectivity index (χ1v) is 2.76. The highest BCUT2D eigenvalue weighted by Crippen LogP contribution is 1.98. The Hall–Kier alpha value is -0.770. The zero-order valence-electron chi connectivity index (χ0n) is 5.22. The van der Waals surface area contributed by atoms with Crippen molar-refractivity contribution in [3.63, 3.8) is 0 Å². The summed E-state index contributed by atoms with van der Waals surface area (Å²) in [7, 11) is 1.58. The molecule has 1 N–H and O–H groups in total. The van der Waals surface area contributed by atoms with Crippen LogP contribution in [0.4, 0.5) is 4.79 Å². The predicted octanol–water partition coefficient (Wildman–Crippen LogP) is -0.259. The second-order valence-corrected chi connectivity index (χ2v) is 1.86. The fourth-order valence-electron chi connectivity index (χ4n) is 0.711. The summed E-state index contributed by atoms with van der Waals surface area (Å²) in [4.78, 5) is 10.3. The van der Waals surface area contributed by atoms with Crippen LogP contribution in [0.15, 0.2) is 0 Å². The van der Waals surface area contributed by atoms with Crippen molar-refractivity contribution in [3.8, 4) is 0 Å². The number of alkyl carbamates (subject to hydrolysis) is 1. The molecule has 1 saturated heterocycles.